The zero-order valence-corrected chi connectivity index (χ0v) is 13.2. The largest absolute Gasteiger partial charge is 0.490 e. The van der Waals surface area contributed by atoms with Crippen LogP contribution in [-0.4, -0.2) is 19.8 Å². The van der Waals surface area contributed by atoms with Gasteiger partial charge >= 0.3 is 0 Å². The third-order valence-electron chi connectivity index (χ3n) is 3.14. The van der Waals surface area contributed by atoms with Crippen molar-refractivity contribution >= 4 is 0 Å². The molecule has 0 fully saturated rings. The van der Waals surface area contributed by atoms with E-state index in [2.05, 4.69) is 24.4 Å². The molecule has 0 saturated carbocycles. The van der Waals surface area contributed by atoms with Gasteiger partial charge in [0.1, 0.15) is 0 Å². The third-order valence-corrected chi connectivity index (χ3v) is 3.14. The van der Waals surface area contributed by atoms with Crippen molar-refractivity contribution in [1.82, 2.24) is 5.32 Å². The summed E-state index contributed by atoms with van der Waals surface area (Å²) >= 11 is 0. The second kappa shape index (κ2) is 10.6. The Balaban J connectivity index is 2.43. The normalized spacial score (nSPS) is 10.6. The van der Waals surface area contributed by atoms with Gasteiger partial charge in [0, 0.05) is 6.54 Å². The summed E-state index contributed by atoms with van der Waals surface area (Å²) in [5.74, 6) is 1.68. The van der Waals surface area contributed by atoms with Gasteiger partial charge in [0.15, 0.2) is 11.5 Å². The molecule has 0 aliphatic rings. The summed E-state index contributed by atoms with van der Waals surface area (Å²) in [6, 6.07) is 6.18. The molecule has 0 unspecified atom stereocenters. The van der Waals surface area contributed by atoms with Crippen molar-refractivity contribution in [2.45, 2.75) is 53.0 Å². The van der Waals surface area contributed by atoms with E-state index in [1.165, 1.54) is 31.2 Å². The Bertz CT molecular complexity index is 366. The van der Waals surface area contributed by atoms with E-state index in [-0.39, 0.29) is 0 Å². The molecule has 0 aliphatic carbocycles. The molecule has 0 amide bonds. The van der Waals surface area contributed by atoms with Gasteiger partial charge in [-0.15, -0.1) is 0 Å². The van der Waals surface area contributed by atoms with Crippen molar-refractivity contribution in [3.63, 3.8) is 0 Å². The first-order chi connectivity index (χ1) is 9.81. The highest BCUT2D eigenvalue weighted by Gasteiger charge is 2.05. The summed E-state index contributed by atoms with van der Waals surface area (Å²) in [7, 11) is 0. The van der Waals surface area contributed by atoms with Crippen LogP contribution in [0.25, 0.3) is 0 Å². The van der Waals surface area contributed by atoms with Crippen LogP contribution in [0.3, 0.4) is 0 Å². The number of unbranched alkanes of at least 4 members (excludes halogenated alkanes) is 3. The molecule has 0 bridgehead atoms. The van der Waals surface area contributed by atoms with Crippen LogP contribution < -0.4 is 14.8 Å². The van der Waals surface area contributed by atoms with Crippen LogP contribution >= 0.6 is 0 Å². The quantitative estimate of drug-likeness (QED) is 0.617. The molecular weight excluding hydrogens is 250 g/mol. The minimum absolute atomic E-state index is 0.661. The van der Waals surface area contributed by atoms with E-state index < -0.39 is 0 Å². The van der Waals surface area contributed by atoms with E-state index in [0.717, 1.165) is 24.6 Å². The van der Waals surface area contributed by atoms with Gasteiger partial charge < -0.3 is 14.8 Å². The minimum atomic E-state index is 0.661. The topological polar surface area (TPSA) is 30.5 Å². The zero-order chi connectivity index (χ0) is 14.6. The number of hydrogen-bond acceptors (Lipinski definition) is 3. The molecule has 0 saturated heterocycles. The summed E-state index contributed by atoms with van der Waals surface area (Å²) < 4.78 is 11.2. The van der Waals surface area contributed by atoms with Gasteiger partial charge in [-0.1, -0.05) is 32.3 Å². The van der Waals surface area contributed by atoms with Gasteiger partial charge in [-0.3, -0.25) is 0 Å². The van der Waals surface area contributed by atoms with Crippen molar-refractivity contribution < 1.29 is 9.47 Å². The second-order valence-electron chi connectivity index (χ2n) is 4.88. The molecule has 3 heteroatoms. The maximum Gasteiger partial charge on any atom is 0.161 e. The van der Waals surface area contributed by atoms with Crippen LogP contribution in [0, 0.1) is 0 Å². The Morgan fingerprint density at radius 1 is 0.900 bits per heavy atom. The molecule has 114 valence electrons. The predicted octanol–water partition coefficient (Wildman–Crippen LogP) is 4.15. The van der Waals surface area contributed by atoms with E-state index in [1.807, 2.05) is 19.9 Å². The van der Waals surface area contributed by atoms with Crippen LogP contribution in [0.4, 0.5) is 0 Å². The summed E-state index contributed by atoms with van der Waals surface area (Å²) in [5.41, 5.74) is 1.24. The highest BCUT2D eigenvalue weighted by Crippen LogP contribution is 2.28. The molecule has 1 N–H and O–H groups in total. The van der Waals surface area contributed by atoms with Gasteiger partial charge in [0.25, 0.3) is 0 Å². The van der Waals surface area contributed by atoms with Crippen molar-refractivity contribution in [2.24, 2.45) is 0 Å². The second-order valence-corrected chi connectivity index (χ2v) is 4.88. The van der Waals surface area contributed by atoms with Crippen molar-refractivity contribution in [3.05, 3.63) is 23.8 Å². The highest BCUT2D eigenvalue weighted by atomic mass is 16.5. The Labute approximate surface area is 123 Å². The van der Waals surface area contributed by atoms with Crippen LogP contribution in [0.15, 0.2) is 18.2 Å². The van der Waals surface area contributed by atoms with E-state index >= 15 is 0 Å². The molecule has 0 aliphatic heterocycles. The molecule has 0 aromatic heterocycles. The molecule has 20 heavy (non-hydrogen) atoms. The lowest BCUT2D eigenvalue weighted by Gasteiger charge is -2.12. The molecular formula is C17H29NO2. The number of nitrogens with one attached hydrogen (secondary N) is 1. The minimum Gasteiger partial charge on any atom is -0.490 e. The fourth-order valence-electron chi connectivity index (χ4n) is 2.11. The molecule has 1 aromatic carbocycles. The number of rotatable bonds is 11. The standard InChI is InChI=1S/C17H29NO2/c1-4-7-8-9-12-18-14-15-10-11-16(19-5-2)17(13-15)20-6-3/h10-11,13,18H,4-9,12,14H2,1-3H3. The first-order valence-corrected chi connectivity index (χ1v) is 7.91. The number of ether oxygens (including phenoxy) is 2. The lowest BCUT2D eigenvalue weighted by atomic mass is 10.2. The zero-order valence-electron chi connectivity index (χ0n) is 13.2. The number of benzene rings is 1. The summed E-state index contributed by atoms with van der Waals surface area (Å²) in [5, 5.41) is 3.48. The van der Waals surface area contributed by atoms with Crippen LogP contribution in [0.5, 0.6) is 11.5 Å². The SMILES string of the molecule is CCCCCCNCc1ccc(OCC)c(OCC)c1. The van der Waals surface area contributed by atoms with Gasteiger partial charge in [-0.05, 0) is 44.5 Å². The molecule has 1 aromatic rings. The summed E-state index contributed by atoms with van der Waals surface area (Å²) in [6.45, 7) is 9.51. The van der Waals surface area contributed by atoms with Crippen molar-refractivity contribution in [2.75, 3.05) is 19.8 Å². The Morgan fingerprint density at radius 3 is 2.35 bits per heavy atom. The van der Waals surface area contributed by atoms with E-state index in [1.54, 1.807) is 0 Å². The Hall–Kier alpha value is -1.22. The molecule has 0 heterocycles. The molecule has 1 rings (SSSR count). The van der Waals surface area contributed by atoms with Gasteiger partial charge in [-0.25, -0.2) is 0 Å². The molecule has 0 radical (unpaired) electrons. The number of hydrogen-bond donors (Lipinski definition) is 1. The fraction of sp³-hybridized carbons (Fsp3) is 0.647. The summed E-state index contributed by atoms with van der Waals surface area (Å²) in [6.07, 6.45) is 5.19. The third kappa shape index (κ3) is 6.29. The van der Waals surface area contributed by atoms with Gasteiger partial charge in [0.05, 0.1) is 13.2 Å². The van der Waals surface area contributed by atoms with Crippen LogP contribution in [0.2, 0.25) is 0 Å². The fourth-order valence-corrected chi connectivity index (χ4v) is 2.11. The van der Waals surface area contributed by atoms with Crippen LogP contribution in [-0.2, 0) is 6.54 Å². The van der Waals surface area contributed by atoms with Gasteiger partial charge in [-0.2, -0.15) is 0 Å². The Kier molecular flexibility index (Phi) is 8.88. The maximum atomic E-state index is 5.64. The molecule has 3 nitrogen and oxygen atoms in total. The lowest BCUT2D eigenvalue weighted by Crippen LogP contribution is -2.14. The van der Waals surface area contributed by atoms with Crippen LogP contribution in [0.1, 0.15) is 52.0 Å². The lowest BCUT2D eigenvalue weighted by molar-refractivity contribution is 0.287. The summed E-state index contributed by atoms with van der Waals surface area (Å²) in [4.78, 5) is 0. The first-order valence-electron chi connectivity index (χ1n) is 7.91. The van der Waals surface area contributed by atoms with E-state index in [4.69, 9.17) is 9.47 Å². The average Bonchev–Trinajstić information content (AvgIpc) is 2.46. The highest BCUT2D eigenvalue weighted by molar-refractivity contribution is 5.43. The van der Waals surface area contributed by atoms with Crippen molar-refractivity contribution in [3.8, 4) is 11.5 Å². The Morgan fingerprint density at radius 2 is 1.65 bits per heavy atom. The first kappa shape index (κ1) is 16.8. The average molecular weight is 279 g/mol. The van der Waals surface area contributed by atoms with E-state index in [0.29, 0.717) is 13.2 Å². The maximum absolute atomic E-state index is 5.64. The van der Waals surface area contributed by atoms with Gasteiger partial charge in [0.2, 0.25) is 0 Å². The smallest absolute Gasteiger partial charge is 0.161 e. The van der Waals surface area contributed by atoms with E-state index in [9.17, 15) is 0 Å². The predicted molar refractivity (Wildman–Crippen MR) is 84.6 cm³/mol. The molecule has 0 atom stereocenters. The molecule has 0 spiro atoms. The van der Waals surface area contributed by atoms with Crippen molar-refractivity contribution in [1.29, 1.82) is 0 Å². The monoisotopic (exact) mass is 279 g/mol.